The van der Waals surface area contributed by atoms with Crippen LogP contribution in [-0.4, -0.2) is 18.4 Å². The van der Waals surface area contributed by atoms with Gasteiger partial charge in [-0.25, -0.2) is 0 Å². The zero-order valence-corrected chi connectivity index (χ0v) is 10.7. The lowest BCUT2D eigenvalue weighted by molar-refractivity contribution is -0.118. The monoisotopic (exact) mass is 272 g/mol. The van der Waals surface area contributed by atoms with Gasteiger partial charge < -0.3 is 19.8 Å². The molecule has 0 radical (unpaired) electrons. The highest BCUT2D eigenvalue weighted by Crippen LogP contribution is 2.30. The lowest BCUT2D eigenvalue weighted by atomic mass is 10.2. The smallest absolute Gasteiger partial charge is 0.262 e. The Morgan fingerprint density at radius 2 is 2.20 bits per heavy atom. The molecule has 0 aliphatic carbocycles. The molecule has 0 fully saturated rings. The number of carbonyl (C=O) groups excluding carboxylic acids is 2. The van der Waals surface area contributed by atoms with Gasteiger partial charge in [-0.15, -0.1) is 0 Å². The summed E-state index contributed by atoms with van der Waals surface area (Å²) in [4.78, 5) is 23.3. The van der Waals surface area contributed by atoms with E-state index in [0.717, 1.165) is 0 Å². The molecule has 1 aliphatic heterocycles. The standard InChI is InChI=1S/C14H12N2O4/c1-8-10(4-5-19-8)14(18)15-9-2-3-12-11(6-9)16-13(17)7-20-12/h2-6H,7H2,1H3,(H,15,18)(H,16,17). The molecule has 1 aliphatic rings. The molecule has 0 spiro atoms. The van der Waals surface area contributed by atoms with Crippen molar-refractivity contribution in [1.82, 2.24) is 0 Å². The first-order chi connectivity index (χ1) is 9.63. The average molecular weight is 272 g/mol. The van der Waals surface area contributed by atoms with Crippen molar-refractivity contribution in [2.45, 2.75) is 6.92 Å². The van der Waals surface area contributed by atoms with E-state index in [-0.39, 0.29) is 18.4 Å². The van der Waals surface area contributed by atoms with E-state index in [9.17, 15) is 9.59 Å². The van der Waals surface area contributed by atoms with Crippen LogP contribution in [0.15, 0.2) is 34.9 Å². The van der Waals surface area contributed by atoms with Crippen molar-refractivity contribution in [3.05, 3.63) is 41.9 Å². The predicted molar refractivity (Wildman–Crippen MR) is 72.0 cm³/mol. The van der Waals surface area contributed by atoms with Crippen molar-refractivity contribution < 1.29 is 18.7 Å². The number of benzene rings is 1. The number of nitrogens with one attached hydrogen (secondary N) is 2. The Morgan fingerprint density at radius 1 is 1.35 bits per heavy atom. The molecule has 1 aromatic heterocycles. The van der Waals surface area contributed by atoms with Gasteiger partial charge >= 0.3 is 0 Å². The molecule has 0 bridgehead atoms. The summed E-state index contributed by atoms with van der Waals surface area (Å²) >= 11 is 0. The fourth-order valence-corrected chi connectivity index (χ4v) is 1.98. The van der Waals surface area contributed by atoms with E-state index < -0.39 is 0 Å². The maximum Gasteiger partial charge on any atom is 0.262 e. The molecule has 6 nitrogen and oxygen atoms in total. The molecule has 0 unspecified atom stereocenters. The fourth-order valence-electron chi connectivity index (χ4n) is 1.98. The third-order valence-electron chi connectivity index (χ3n) is 2.97. The first-order valence-corrected chi connectivity index (χ1v) is 6.05. The maximum absolute atomic E-state index is 12.0. The number of hydrogen-bond donors (Lipinski definition) is 2. The van der Waals surface area contributed by atoms with Crippen LogP contribution in [0.4, 0.5) is 11.4 Å². The molecule has 2 amide bonds. The summed E-state index contributed by atoms with van der Waals surface area (Å²) in [7, 11) is 0. The molecular weight excluding hydrogens is 260 g/mol. The Kier molecular flexibility index (Phi) is 2.90. The van der Waals surface area contributed by atoms with Crippen LogP contribution in [0.25, 0.3) is 0 Å². The van der Waals surface area contributed by atoms with Crippen LogP contribution >= 0.6 is 0 Å². The van der Waals surface area contributed by atoms with E-state index in [0.29, 0.717) is 28.4 Å². The summed E-state index contributed by atoms with van der Waals surface area (Å²) in [6.07, 6.45) is 1.46. The van der Waals surface area contributed by atoms with Crippen LogP contribution < -0.4 is 15.4 Å². The Morgan fingerprint density at radius 3 is 2.95 bits per heavy atom. The van der Waals surface area contributed by atoms with Crippen LogP contribution in [0.3, 0.4) is 0 Å². The van der Waals surface area contributed by atoms with Crippen LogP contribution in [0.5, 0.6) is 5.75 Å². The molecule has 6 heteroatoms. The third kappa shape index (κ3) is 2.23. The summed E-state index contributed by atoms with van der Waals surface area (Å²) in [5.74, 6) is 0.657. The molecule has 2 heterocycles. The minimum absolute atomic E-state index is 0.00687. The van der Waals surface area contributed by atoms with Gasteiger partial charge in [0.1, 0.15) is 11.5 Å². The first kappa shape index (κ1) is 12.3. The van der Waals surface area contributed by atoms with Crippen molar-refractivity contribution >= 4 is 23.2 Å². The second-order valence-corrected chi connectivity index (χ2v) is 4.39. The van der Waals surface area contributed by atoms with Gasteiger partial charge in [0.05, 0.1) is 17.5 Å². The van der Waals surface area contributed by atoms with Crippen LogP contribution in [0.2, 0.25) is 0 Å². The van der Waals surface area contributed by atoms with Crippen molar-refractivity contribution in [3.63, 3.8) is 0 Å². The van der Waals surface area contributed by atoms with E-state index in [1.54, 1.807) is 31.2 Å². The molecule has 2 aromatic rings. The minimum atomic E-state index is -0.265. The van der Waals surface area contributed by atoms with E-state index in [1.807, 2.05) is 0 Å². The Bertz CT molecular complexity index is 690. The number of aryl methyl sites for hydroxylation is 1. The fraction of sp³-hybridized carbons (Fsp3) is 0.143. The zero-order chi connectivity index (χ0) is 14.1. The molecule has 0 atom stereocenters. The summed E-state index contributed by atoms with van der Waals surface area (Å²) in [5, 5.41) is 5.43. The maximum atomic E-state index is 12.0. The zero-order valence-electron chi connectivity index (χ0n) is 10.7. The molecule has 20 heavy (non-hydrogen) atoms. The summed E-state index contributed by atoms with van der Waals surface area (Å²) in [5.41, 5.74) is 1.59. The van der Waals surface area contributed by atoms with Crippen LogP contribution in [0.1, 0.15) is 16.1 Å². The molecule has 3 rings (SSSR count). The SMILES string of the molecule is Cc1occc1C(=O)Nc1ccc2c(c1)NC(=O)CO2. The first-order valence-electron chi connectivity index (χ1n) is 6.05. The molecule has 1 aromatic carbocycles. The highest BCUT2D eigenvalue weighted by Gasteiger charge is 2.17. The molecule has 0 saturated heterocycles. The normalized spacial score (nSPS) is 13.2. The van der Waals surface area contributed by atoms with Gasteiger partial charge in [-0.1, -0.05) is 0 Å². The van der Waals surface area contributed by atoms with Gasteiger partial charge in [0, 0.05) is 5.69 Å². The van der Waals surface area contributed by atoms with Gasteiger partial charge in [-0.3, -0.25) is 9.59 Å². The van der Waals surface area contributed by atoms with Gasteiger partial charge in [0.15, 0.2) is 6.61 Å². The Labute approximate surface area is 114 Å². The van der Waals surface area contributed by atoms with E-state index in [4.69, 9.17) is 9.15 Å². The lowest BCUT2D eigenvalue weighted by Crippen LogP contribution is -2.25. The molecule has 102 valence electrons. The Balaban J connectivity index is 1.82. The number of ether oxygens (including phenoxy) is 1. The van der Waals surface area contributed by atoms with Crippen molar-refractivity contribution in [2.24, 2.45) is 0 Å². The van der Waals surface area contributed by atoms with Crippen molar-refractivity contribution in [2.75, 3.05) is 17.2 Å². The predicted octanol–water partition coefficient (Wildman–Crippen LogP) is 2.17. The second-order valence-electron chi connectivity index (χ2n) is 4.39. The quantitative estimate of drug-likeness (QED) is 0.878. The van der Waals surface area contributed by atoms with E-state index in [2.05, 4.69) is 10.6 Å². The van der Waals surface area contributed by atoms with Crippen molar-refractivity contribution in [3.8, 4) is 5.75 Å². The number of carbonyl (C=O) groups is 2. The van der Waals surface area contributed by atoms with Gasteiger partial charge in [-0.2, -0.15) is 0 Å². The lowest BCUT2D eigenvalue weighted by Gasteiger charge is -2.18. The van der Waals surface area contributed by atoms with Gasteiger partial charge in [-0.05, 0) is 31.2 Å². The summed E-state index contributed by atoms with van der Waals surface area (Å²) < 4.78 is 10.3. The van der Waals surface area contributed by atoms with Gasteiger partial charge in [0.25, 0.3) is 11.8 Å². The van der Waals surface area contributed by atoms with Crippen molar-refractivity contribution in [1.29, 1.82) is 0 Å². The highest BCUT2D eigenvalue weighted by atomic mass is 16.5. The Hall–Kier alpha value is -2.76. The molecular formula is C14H12N2O4. The highest BCUT2D eigenvalue weighted by molar-refractivity contribution is 6.05. The van der Waals surface area contributed by atoms with Gasteiger partial charge in [0.2, 0.25) is 0 Å². The van der Waals surface area contributed by atoms with E-state index >= 15 is 0 Å². The minimum Gasteiger partial charge on any atom is -0.482 e. The second kappa shape index (κ2) is 4.73. The van der Waals surface area contributed by atoms with E-state index in [1.165, 1.54) is 6.26 Å². The number of rotatable bonds is 2. The average Bonchev–Trinajstić information content (AvgIpc) is 2.84. The molecule has 2 N–H and O–H groups in total. The van der Waals surface area contributed by atoms with Crippen LogP contribution in [-0.2, 0) is 4.79 Å². The van der Waals surface area contributed by atoms with Crippen LogP contribution in [0, 0.1) is 6.92 Å². The number of anilines is 2. The number of fused-ring (bicyclic) bond motifs is 1. The number of furan rings is 1. The number of hydrogen-bond acceptors (Lipinski definition) is 4. The topological polar surface area (TPSA) is 80.6 Å². The third-order valence-corrected chi connectivity index (χ3v) is 2.97. The largest absolute Gasteiger partial charge is 0.482 e. The molecule has 0 saturated carbocycles. The summed E-state index contributed by atoms with van der Waals surface area (Å²) in [6, 6.07) is 6.67. The summed E-state index contributed by atoms with van der Waals surface area (Å²) in [6.45, 7) is 1.72. The number of amides is 2.